The van der Waals surface area contributed by atoms with Crippen molar-refractivity contribution in [3.63, 3.8) is 0 Å². The molecule has 1 aliphatic carbocycles. The van der Waals surface area contributed by atoms with Crippen LogP contribution >= 0.6 is 0 Å². The van der Waals surface area contributed by atoms with Gasteiger partial charge in [0.25, 0.3) is 5.91 Å². The third-order valence-corrected chi connectivity index (χ3v) is 3.93. The first-order valence-corrected chi connectivity index (χ1v) is 8.31. The number of nitrogens with zero attached hydrogens (tertiary/aromatic N) is 2. The van der Waals surface area contributed by atoms with E-state index in [2.05, 4.69) is 26.7 Å². The minimum absolute atomic E-state index is 0.144. The summed E-state index contributed by atoms with van der Waals surface area (Å²) in [6.45, 7) is 0.464. The standard InChI is InChI=1S/C19H21N5O2/c1-26-16-7-2-4-13(10-16)12-22-18(25)14-5-3-6-15(11-14)23-17-8-9-21-19(20)24-17/h3-6,8-11H,2,7,12H2,1H3,(H,22,25)(H3,20,21,23,24). The molecule has 0 saturated carbocycles. The molecule has 7 nitrogen and oxygen atoms in total. The molecule has 0 aliphatic heterocycles. The number of allylic oxidation sites excluding steroid dienone is 2. The first kappa shape index (κ1) is 17.5. The molecular formula is C19H21N5O2. The molecule has 0 fully saturated rings. The molecule has 0 unspecified atom stereocenters. The first-order chi connectivity index (χ1) is 12.6. The fourth-order valence-electron chi connectivity index (χ4n) is 2.64. The van der Waals surface area contributed by atoms with Gasteiger partial charge in [-0.1, -0.05) is 12.1 Å². The largest absolute Gasteiger partial charge is 0.501 e. The average Bonchev–Trinajstić information content (AvgIpc) is 2.66. The fraction of sp³-hybridized carbons (Fsp3) is 0.211. The van der Waals surface area contributed by atoms with Gasteiger partial charge in [0, 0.05) is 30.4 Å². The maximum Gasteiger partial charge on any atom is 0.251 e. The van der Waals surface area contributed by atoms with Gasteiger partial charge in [0.2, 0.25) is 5.95 Å². The van der Waals surface area contributed by atoms with E-state index < -0.39 is 0 Å². The van der Waals surface area contributed by atoms with Crippen molar-refractivity contribution in [1.29, 1.82) is 0 Å². The molecule has 1 aromatic carbocycles. The molecule has 1 amide bonds. The molecule has 2 aromatic rings. The maximum atomic E-state index is 12.4. The van der Waals surface area contributed by atoms with Crippen LogP contribution in [0.15, 0.2) is 60.0 Å². The predicted molar refractivity (Wildman–Crippen MR) is 101 cm³/mol. The number of ether oxygens (including phenoxy) is 1. The van der Waals surface area contributed by atoms with E-state index in [1.165, 1.54) is 0 Å². The lowest BCUT2D eigenvalue weighted by molar-refractivity contribution is 0.0957. The Morgan fingerprint density at radius 1 is 1.35 bits per heavy atom. The Morgan fingerprint density at radius 3 is 3.04 bits per heavy atom. The molecule has 0 saturated heterocycles. The second kappa shape index (κ2) is 8.15. The molecule has 26 heavy (non-hydrogen) atoms. The van der Waals surface area contributed by atoms with Crippen LogP contribution < -0.4 is 16.4 Å². The van der Waals surface area contributed by atoms with Gasteiger partial charge in [0.05, 0.1) is 12.9 Å². The summed E-state index contributed by atoms with van der Waals surface area (Å²) in [7, 11) is 1.66. The van der Waals surface area contributed by atoms with E-state index in [9.17, 15) is 4.79 Å². The highest BCUT2D eigenvalue weighted by Crippen LogP contribution is 2.18. The van der Waals surface area contributed by atoms with E-state index in [1.807, 2.05) is 18.2 Å². The Morgan fingerprint density at radius 2 is 2.23 bits per heavy atom. The molecular weight excluding hydrogens is 330 g/mol. The second-order valence-corrected chi connectivity index (χ2v) is 5.82. The van der Waals surface area contributed by atoms with Crippen molar-refractivity contribution in [2.24, 2.45) is 0 Å². The van der Waals surface area contributed by atoms with Gasteiger partial charge in [-0.15, -0.1) is 0 Å². The Balaban J connectivity index is 1.63. The summed E-state index contributed by atoms with van der Waals surface area (Å²) in [5.41, 5.74) is 7.93. The van der Waals surface area contributed by atoms with E-state index in [0.29, 0.717) is 17.9 Å². The van der Waals surface area contributed by atoms with Crippen LogP contribution in [0.4, 0.5) is 17.5 Å². The number of nitrogens with one attached hydrogen (secondary N) is 2. The zero-order valence-electron chi connectivity index (χ0n) is 14.5. The molecule has 1 aromatic heterocycles. The van der Waals surface area contributed by atoms with Crippen molar-refractivity contribution in [3.05, 3.63) is 65.6 Å². The van der Waals surface area contributed by atoms with E-state index in [4.69, 9.17) is 10.5 Å². The first-order valence-electron chi connectivity index (χ1n) is 8.31. The number of carbonyl (C=O) groups is 1. The molecule has 0 spiro atoms. The van der Waals surface area contributed by atoms with Gasteiger partial charge in [-0.25, -0.2) is 4.98 Å². The highest BCUT2D eigenvalue weighted by atomic mass is 16.5. The van der Waals surface area contributed by atoms with Crippen LogP contribution in [0.1, 0.15) is 23.2 Å². The highest BCUT2D eigenvalue weighted by molar-refractivity contribution is 5.95. The number of amides is 1. The van der Waals surface area contributed by atoms with Crippen molar-refractivity contribution in [3.8, 4) is 0 Å². The number of methoxy groups -OCH3 is 1. The normalized spacial score (nSPS) is 13.4. The number of benzene rings is 1. The second-order valence-electron chi connectivity index (χ2n) is 5.82. The summed E-state index contributed by atoms with van der Waals surface area (Å²) >= 11 is 0. The van der Waals surface area contributed by atoms with Crippen molar-refractivity contribution < 1.29 is 9.53 Å². The molecule has 3 rings (SSSR count). The molecule has 0 bridgehead atoms. The summed E-state index contributed by atoms with van der Waals surface area (Å²) in [5.74, 6) is 1.55. The van der Waals surface area contributed by atoms with Crippen molar-refractivity contribution in [2.75, 3.05) is 24.7 Å². The van der Waals surface area contributed by atoms with E-state index in [-0.39, 0.29) is 11.9 Å². The van der Waals surface area contributed by atoms with Gasteiger partial charge in [-0.05, 0) is 42.3 Å². The molecule has 7 heteroatoms. The third-order valence-electron chi connectivity index (χ3n) is 3.93. The molecule has 4 N–H and O–H groups in total. The number of nitrogen functional groups attached to an aromatic ring is 1. The highest BCUT2D eigenvalue weighted by Gasteiger charge is 2.09. The van der Waals surface area contributed by atoms with Gasteiger partial charge in [0.1, 0.15) is 5.82 Å². The van der Waals surface area contributed by atoms with E-state index in [0.717, 1.165) is 29.9 Å². The number of anilines is 3. The third kappa shape index (κ3) is 4.60. The lowest BCUT2D eigenvalue weighted by Gasteiger charge is -2.14. The Bertz CT molecular complexity index is 861. The van der Waals surface area contributed by atoms with Crippen LogP contribution in [-0.4, -0.2) is 29.5 Å². The smallest absolute Gasteiger partial charge is 0.251 e. The number of rotatable bonds is 6. The van der Waals surface area contributed by atoms with Crippen molar-refractivity contribution in [1.82, 2.24) is 15.3 Å². The van der Waals surface area contributed by atoms with Crippen LogP contribution in [0.25, 0.3) is 0 Å². The minimum Gasteiger partial charge on any atom is -0.501 e. The number of hydrogen-bond acceptors (Lipinski definition) is 6. The number of carbonyl (C=O) groups excluding carboxylic acids is 1. The van der Waals surface area contributed by atoms with E-state index in [1.54, 1.807) is 31.5 Å². The molecule has 1 aliphatic rings. The molecule has 134 valence electrons. The predicted octanol–water partition coefficient (Wildman–Crippen LogP) is 2.78. The van der Waals surface area contributed by atoms with E-state index >= 15 is 0 Å². The molecule has 1 heterocycles. The number of hydrogen-bond donors (Lipinski definition) is 3. The Labute approximate surface area is 152 Å². The Kier molecular flexibility index (Phi) is 5.48. The number of aromatic nitrogens is 2. The summed E-state index contributed by atoms with van der Waals surface area (Å²) in [5, 5.41) is 6.04. The van der Waals surface area contributed by atoms with Crippen LogP contribution in [0, 0.1) is 0 Å². The van der Waals surface area contributed by atoms with Crippen LogP contribution in [0.2, 0.25) is 0 Å². The average molecular weight is 351 g/mol. The van der Waals surface area contributed by atoms with Gasteiger partial charge >= 0.3 is 0 Å². The van der Waals surface area contributed by atoms with Crippen molar-refractivity contribution in [2.45, 2.75) is 12.8 Å². The van der Waals surface area contributed by atoms with Gasteiger partial charge in [-0.2, -0.15) is 4.98 Å². The van der Waals surface area contributed by atoms with Crippen LogP contribution in [-0.2, 0) is 4.74 Å². The van der Waals surface area contributed by atoms with Gasteiger partial charge < -0.3 is 21.1 Å². The monoisotopic (exact) mass is 351 g/mol. The minimum atomic E-state index is -0.144. The maximum absolute atomic E-state index is 12.4. The Hall–Kier alpha value is -3.35. The van der Waals surface area contributed by atoms with Crippen LogP contribution in [0.5, 0.6) is 0 Å². The van der Waals surface area contributed by atoms with Crippen LogP contribution in [0.3, 0.4) is 0 Å². The summed E-state index contributed by atoms with van der Waals surface area (Å²) in [4.78, 5) is 20.4. The molecule has 0 radical (unpaired) electrons. The summed E-state index contributed by atoms with van der Waals surface area (Å²) < 4.78 is 5.27. The lowest BCUT2D eigenvalue weighted by Crippen LogP contribution is -2.25. The summed E-state index contributed by atoms with van der Waals surface area (Å²) in [6.07, 6.45) is 7.48. The van der Waals surface area contributed by atoms with Crippen molar-refractivity contribution >= 4 is 23.4 Å². The van der Waals surface area contributed by atoms with Gasteiger partial charge in [0.15, 0.2) is 0 Å². The fourth-order valence-corrected chi connectivity index (χ4v) is 2.64. The quantitative estimate of drug-likeness (QED) is 0.740. The lowest BCUT2D eigenvalue weighted by atomic mass is 10.1. The topological polar surface area (TPSA) is 102 Å². The summed E-state index contributed by atoms with van der Waals surface area (Å²) in [6, 6.07) is 8.90. The SMILES string of the molecule is COC1=CC(CNC(=O)c2cccc(Nc3ccnc(N)n3)c2)=CCC1. The molecule has 0 atom stereocenters. The zero-order chi connectivity index (χ0) is 18.4. The number of nitrogens with two attached hydrogens (primary N) is 1. The van der Waals surface area contributed by atoms with Gasteiger partial charge in [-0.3, -0.25) is 4.79 Å². The zero-order valence-corrected chi connectivity index (χ0v) is 14.5.